The van der Waals surface area contributed by atoms with Crippen molar-refractivity contribution in [2.75, 3.05) is 11.5 Å². The topological polar surface area (TPSA) is 76.1 Å². The van der Waals surface area contributed by atoms with E-state index in [4.69, 9.17) is 11.6 Å². The van der Waals surface area contributed by atoms with Gasteiger partial charge in [0.15, 0.2) is 0 Å². The van der Waals surface area contributed by atoms with Crippen molar-refractivity contribution < 1.29 is 13.2 Å². The second kappa shape index (κ2) is 5.24. The van der Waals surface area contributed by atoms with Crippen LogP contribution >= 0.6 is 11.6 Å². The van der Waals surface area contributed by atoms with Gasteiger partial charge in [-0.2, -0.15) is 0 Å². The fourth-order valence-electron chi connectivity index (χ4n) is 1.84. The Morgan fingerprint density at radius 1 is 1.39 bits per heavy atom. The average molecular weight is 289 g/mol. The van der Waals surface area contributed by atoms with Gasteiger partial charge in [0.2, 0.25) is 0 Å². The quantitative estimate of drug-likeness (QED) is 0.882. The lowest BCUT2D eigenvalue weighted by Crippen LogP contribution is -2.40. The fourth-order valence-corrected chi connectivity index (χ4v) is 3.52. The summed E-state index contributed by atoms with van der Waals surface area (Å²) >= 11 is 5.89. The number of sulfone groups is 1. The molecule has 1 aromatic heterocycles. The number of rotatable bonds is 2. The third-order valence-electron chi connectivity index (χ3n) is 2.90. The zero-order chi connectivity index (χ0) is 13.2. The molecule has 0 bridgehead atoms. The van der Waals surface area contributed by atoms with Gasteiger partial charge in [0.05, 0.1) is 22.1 Å². The van der Waals surface area contributed by atoms with Crippen LogP contribution in [0.25, 0.3) is 0 Å². The minimum atomic E-state index is -2.91. The Bertz CT molecular complexity index is 545. The second-order valence-corrected chi connectivity index (χ2v) is 6.97. The van der Waals surface area contributed by atoms with E-state index in [1.807, 2.05) is 0 Å². The van der Waals surface area contributed by atoms with Gasteiger partial charge in [-0.05, 0) is 18.9 Å². The standard InChI is InChI=1S/C11H13ClN2O3S/c12-10-1-4-13-7-9(10)11(15)14-8-2-5-18(16,17)6-3-8/h1,4,7-8H,2-3,5-6H2,(H,14,15). The van der Waals surface area contributed by atoms with E-state index < -0.39 is 9.84 Å². The van der Waals surface area contributed by atoms with Crippen LogP contribution in [0.15, 0.2) is 18.5 Å². The SMILES string of the molecule is O=C(NC1CCS(=O)(=O)CC1)c1cnccc1Cl. The Labute approximate surface area is 110 Å². The summed E-state index contributed by atoms with van der Waals surface area (Å²) in [4.78, 5) is 15.8. The van der Waals surface area contributed by atoms with Gasteiger partial charge in [0, 0.05) is 18.4 Å². The summed E-state index contributed by atoms with van der Waals surface area (Å²) < 4.78 is 22.5. The van der Waals surface area contributed by atoms with Crippen molar-refractivity contribution in [1.29, 1.82) is 0 Å². The predicted molar refractivity (Wildman–Crippen MR) is 68.4 cm³/mol. The number of nitrogens with one attached hydrogen (secondary N) is 1. The fraction of sp³-hybridized carbons (Fsp3) is 0.455. The minimum absolute atomic E-state index is 0.114. The smallest absolute Gasteiger partial charge is 0.254 e. The molecule has 1 amide bonds. The van der Waals surface area contributed by atoms with Crippen molar-refractivity contribution in [3.8, 4) is 0 Å². The molecule has 1 aliphatic heterocycles. The highest BCUT2D eigenvalue weighted by molar-refractivity contribution is 7.91. The molecule has 5 nitrogen and oxygen atoms in total. The Balaban J connectivity index is 1.99. The average Bonchev–Trinajstić information content (AvgIpc) is 2.32. The molecule has 1 aromatic rings. The van der Waals surface area contributed by atoms with Crippen molar-refractivity contribution in [3.63, 3.8) is 0 Å². The van der Waals surface area contributed by atoms with Gasteiger partial charge in [-0.3, -0.25) is 9.78 Å². The van der Waals surface area contributed by atoms with E-state index in [0.29, 0.717) is 23.4 Å². The zero-order valence-electron chi connectivity index (χ0n) is 9.60. The Hall–Kier alpha value is -1.14. The first-order valence-corrected chi connectivity index (χ1v) is 7.79. The van der Waals surface area contributed by atoms with Gasteiger partial charge in [-0.1, -0.05) is 11.6 Å². The summed E-state index contributed by atoms with van der Waals surface area (Å²) in [6, 6.07) is 1.43. The van der Waals surface area contributed by atoms with Crippen LogP contribution in [0.2, 0.25) is 5.02 Å². The lowest BCUT2D eigenvalue weighted by molar-refractivity contribution is 0.0934. The van der Waals surface area contributed by atoms with Crippen molar-refractivity contribution in [2.45, 2.75) is 18.9 Å². The molecule has 2 rings (SSSR count). The van der Waals surface area contributed by atoms with Crippen LogP contribution in [-0.4, -0.2) is 36.9 Å². The van der Waals surface area contributed by atoms with Crippen molar-refractivity contribution in [2.24, 2.45) is 0 Å². The van der Waals surface area contributed by atoms with Crippen LogP contribution in [-0.2, 0) is 9.84 Å². The summed E-state index contributed by atoms with van der Waals surface area (Å²) in [5.41, 5.74) is 0.313. The number of carbonyl (C=O) groups is 1. The van der Waals surface area contributed by atoms with Gasteiger partial charge < -0.3 is 5.32 Å². The van der Waals surface area contributed by atoms with Crippen LogP contribution in [0.4, 0.5) is 0 Å². The number of carbonyl (C=O) groups excluding carboxylic acids is 1. The summed E-state index contributed by atoms with van der Waals surface area (Å²) in [5.74, 6) is -0.0605. The highest BCUT2D eigenvalue weighted by atomic mass is 35.5. The maximum Gasteiger partial charge on any atom is 0.254 e. The van der Waals surface area contributed by atoms with Gasteiger partial charge in [-0.25, -0.2) is 8.42 Å². The van der Waals surface area contributed by atoms with Crippen molar-refractivity contribution >= 4 is 27.3 Å². The largest absolute Gasteiger partial charge is 0.349 e. The molecule has 18 heavy (non-hydrogen) atoms. The molecule has 0 aliphatic carbocycles. The normalized spacial score (nSPS) is 19.4. The maximum atomic E-state index is 11.9. The monoisotopic (exact) mass is 288 g/mol. The van der Waals surface area contributed by atoms with E-state index >= 15 is 0 Å². The van der Waals surface area contributed by atoms with Crippen LogP contribution in [0.1, 0.15) is 23.2 Å². The molecule has 1 fully saturated rings. The Morgan fingerprint density at radius 3 is 2.67 bits per heavy atom. The molecule has 0 aromatic carbocycles. The summed E-state index contributed by atoms with van der Waals surface area (Å²) in [6.45, 7) is 0. The third-order valence-corrected chi connectivity index (χ3v) is 4.95. The zero-order valence-corrected chi connectivity index (χ0v) is 11.2. The van der Waals surface area contributed by atoms with Crippen molar-refractivity contribution in [1.82, 2.24) is 10.3 Å². The van der Waals surface area contributed by atoms with Gasteiger partial charge in [0.1, 0.15) is 9.84 Å². The highest BCUT2D eigenvalue weighted by Crippen LogP contribution is 2.16. The van der Waals surface area contributed by atoms with E-state index in [-0.39, 0.29) is 23.5 Å². The highest BCUT2D eigenvalue weighted by Gasteiger charge is 2.25. The molecule has 98 valence electrons. The molecule has 1 aliphatic rings. The maximum absolute atomic E-state index is 11.9. The number of amides is 1. The lowest BCUT2D eigenvalue weighted by atomic mass is 10.1. The molecule has 0 spiro atoms. The predicted octanol–water partition coefficient (Wildman–Crippen LogP) is 1.04. The van der Waals surface area contributed by atoms with Crippen molar-refractivity contribution in [3.05, 3.63) is 29.0 Å². The van der Waals surface area contributed by atoms with Crippen LogP contribution in [0, 0.1) is 0 Å². The molecule has 0 atom stereocenters. The first-order valence-electron chi connectivity index (χ1n) is 5.59. The third kappa shape index (κ3) is 3.20. The van der Waals surface area contributed by atoms with Crippen LogP contribution in [0.5, 0.6) is 0 Å². The summed E-state index contributed by atoms with van der Waals surface area (Å²) in [6.07, 6.45) is 3.81. The van der Waals surface area contributed by atoms with E-state index in [2.05, 4.69) is 10.3 Å². The molecule has 1 saturated heterocycles. The summed E-state index contributed by atoms with van der Waals surface area (Å²) in [5, 5.41) is 3.12. The Kier molecular flexibility index (Phi) is 3.87. The first-order chi connectivity index (χ1) is 8.48. The molecule has 2 heterocycles. The number of hydrogen-bond acceptors (Lipinski definition) is 4. The molecule has 0 radical (unpaired) electrons. The minimum Gasteiger partial charge on any atom is -0.349 e. The first kappa shape index (κ1) is 13.3. The van der Waals surface area contributed by atoms with Gasteiger partial charge in [-0.15, -0.1) is 0 Å². The Morgan fingerprint density at radius 2 is 2.06 bits per heavy atom. The van der Waals surface area contributed by atoms with E-state index in [0.717, 1.165) is 0 Å². The number of nitrogens with zero attached hydrogens (tertiary/aromatic N) is 1. The molecular weight excluding hydrogens is 276 g/mol. The van der Waals surface area contributed by atoms with E-state index in [1.165, 1.54) is 12.4 Å². The number of halogens is 1. The van der Waals surface area contributed by atoms with Crippen LogP contribution in [0.3, 0.4) is 0 Å². The number of hydrogen-bond donors (Lipinski definition) is 1. The van der Waals surface area contributed by atoms with E-state index in [1.54, 1.807) is 6.07 Å². The summed E-state index contributed by atoms with van der Waals surface area (Å²) in [7, 11) is -2.91. The van der Waals surface area contributed by atoms with Gasteiger partial charge >= 0.3 is 0 Å². The van der Waals surface area contributed by atoms with Crippen LogP contribution < -0.4 is 5.32 Å². The molecule has 0 saturated carbocycles. The lowest BCUT2D eigenvalue weighted by Gasteiger charge is -2.23. The number of pyridine rings is 1. The van der Waals surface area contributed by atoms with E-state index in [9.17, 15) is 13.2 Å². The molecular formula is C11H13ClN2O3S. The number of aromatic nitrogens is 1. The molecule has 7 heteroatoms. The molecule has 1 N–H and O–H groups in total. The van der Waals surface area contributed by atoms with Gasteiger partial charge in [0.25, 0.3) is 5.91 Å². The second-order valence-electron chi connectivity index (χ2n) is 4.26. The molecule has 0 unspecified atom stereocenters.